The first-order valence-corrected chi connectivity index (χ1v) is 6.42. The van der Waals surface area contributed by atoms with Crippen molar-refractivity contribution in [1.82, 2.24) is 5.32 Å². The largest absolute Gasteiger partial charge is 0.388 e. The van der Waals surface area contributed by atoms with Gasteiger partial charge in [-0.25, -0.2) is 0 Å². The van der Waals surface area contributed by atoms with Gasteiger partial charge in [0.15, 0.2) is 0 Å². The summed E-state index contributed by atoms with van der Waals surface area (Å²) in [4.78, 5) is 0. The van der Waals surface area contributed by atoms with Gasteiger partial charge in [-0.05, 0) is 61.4 Å². The molecule has 3 rings (SSSR count). The van der Waals surface area contributed by atoms with Gasteiger partial charge in [0.05, 0.1) is 0 Å². The molecule has 16 heavy (non-hydrogen) atoms. The summed E-state index contributed by atoms with van der Waals surface area (Å²) in [6.45, 7) is 1.21. The molecule has 2 aliphatic rings. The topological polar surface area (TPSA) is 24.1 Å². The van der Waals surface area contributed by atoms with E-state index in [1.165, 1.54) is 37.9 Å². The Hall–Kier alpha value is -1.02. The maximum Gasteiger partial charge on any atom is 0.0340 e. The third kappa shape index (κ3) is 1.61. The average Bonchev–Trinajstić information content (AvgIpc) is 2.38. The van der Waals surface area contributed by atoms with Crippen LogP contribution in [0.3, 0.4) is 0 Å². The van der Waals surface area contributed by atoms with Crippen LogP contribution in [-0.4, -0.2) is 19.6 Å². The molecule has 2 nitrogen and oxygen atoms in total. The Balaban J connectivity index is 1.98. The molecular formula is C14H20N2. The Morgan fingerprint density at radius 2 is 2.25 bits per heavy atom. The maximum absolute atomic E-state index is 3.68. The van der Waals surface area contributed by atoms with E-state index < -0.39 is 0 Å². The Bertz CT molecular complexity index is 386. The van der Waals surface area contributed by atoms with Crippen LogP contribution in [0.25, 0.3) is 0 Å². The number of fused-ring (bicyclic) bond motifs is 3. The summed E-state index contributed by atoms with van der Waals surface area (Å²) >= 11 is 0. The SMILES string of the molecule is CNc1ccc2c(c1)C1CCCNC1CC2. The first kappa shape index (κ1) is 10.2. The van der Waals surface area contributed by atoms with E-state index in [1.54, 1.807) is 11.1 Å². The lowest BCUT2D eigenvalue weighted by Gasteiger charge is -2.38. The number of piperidine rings is 1. The minimum absolute atomic E-state index is 0.730. The van der Waals surface area contributed by atoms with Crippen molar-refractivity contribution < 1.29 is 0 Å². The zero-order chi connectivity index (χ0) is 11.0. The smallest absolute Gasteiger partial charge is 0.0340 e. The van der Waals surface area contributed by atoms with Crippen molar-refractivity contribution in [3.63, 3.8) is 0 Å². The number of anilines is 1. The molecule has 0 saturated carbocycles. The van der Waals surface area contributed by atoms with Gasteiger partial charge in [0, 0.05) is 18.8 Å². The van der Waals surface area contributed by atoms with Gasteiger partial charge in [0.1, 0.15) is 0 Å². The Labute approximate surface area is 97.4 Å². The molecule has 1 aliphatic carbocycles. The van der Waals surface area contributed by atoms with Gasteiger partial charge in [-0.15, -0.1) is 0 Å². The first-order chi connectivity index (χ1) is 7.88. The Kier molecular flexibility index (Phi) is 2.60. The second-order valence-electron chi connectivity index (χ2n) is 5.01. The predicted octanol–water partition coefficient (Wildman–Crippen LogP) is 2.51. The molecule has 1 aromatic rings. The van der Waals surface area contributed by atoms with Gasteiger partial charge in [-0.1, -0.05) is 6.07 Å². The van der Waals surface area contributed by atoms with Gasteiger partial charge in [0.25, 0.3) is 0 Å². The zero-order valence-electron chi connectivity index (χ0n) is 9.92. The van der Waals surface area contributed by atoms with E-state index in [-0.39, 0.29) is 0 Å². The van der Waals surface area contributed by atoms with E-state index in [0.717, 1.165) is 12.0 Å². The molecule has 2 N–H and O–H groups in total. The van der Waals surface area contributed by atoms with Crippen LogP contribution in [0, 0.1) is 0 Å². The van der Waals surface area contributed by atoms with Gasteiger partial charge < -0.3 is 10.6 Å². The minimum Gasteiger partial charge on any atom is -0.388 e. The van der Waals surface area contributed by atoms with Crippen molar-refractivity contribution in [3.05, 3.63) is 29.3 Å². The van der Waals surface area contributed by atoms with Gasteiger partial charge in [0.2, 0.25) is 0 Å². The van der Waals surface area contributed by atoms with Crippen LogP contribution in [0.4, 0.5) is 5.69 Å². The number of hydrogen-bond donors (Lipinski definition) is 2. The van der Waals surface area contributed by atoms with Crippen LogP contribution in [0.2, 0.25) is 0 Å². The second kappa shape index (κ2) is 4.10. The minimum atomic E-state index is 0.730. The molecule has 86 valence electrons. The molecule has 0 amide bonds. The van der Waals surface area contributed by atoms with Crippen LogP contribution in [-0.2, 0) is 6.42 Å². The number of nitrogens with one attached hydrogen (secondary N) is 2. The van der Waals surface area contributed by atoms with Crippen molar-refractivity contribution in [2.75, 3.05) is 18.9 Å². The fraction of sp³-hybridized carbons (Fsp3) is 0.571. The summed E-state index contributed by atoms with van der Waals surface area (Å²) in [7, 11) is 2.00. The predicted molar refractivity (Wildman–Crippen MR) is 68.1 cm³/mol. The van der Waals surface area contributed by atoms with Crippen molar-refractivity contribution >= 4 is 5.69 Å². The molecule has 2 heteroatoms. The van der Waals surface area contributed by atoms with Crippen LogP contribution >= 0.6 is 0 Å². The molecule has 2 atom stereocenters. The molecule has 1 fully saturated rings. The summed E-state index contributed by atoms with van der Waals surface area (Å²) in [5.74, 6) is 0.755. The van der Waals surface area contributed by atoms with Gasteiger partial charge in [-0.3, -0.25) is 0 Å². The molecule has 0 aromatic heterocycles. The highest BCUT2D eigenvalue weighted by molar-refractivity contribution is 5.50. The lowest BCUT2D eigenvalue weighted by Crippen LogP contribution is -2.42. The third-order valence-corrected chi connectivity index (χ3v) is 4.14. The third-order valence-electron chi connectivity index (χ3n) is 4.14. The summed E-state index contributed by atoms with van der Waals surface area (Å²) in [5, 5.41) is 6.93. The van der Waals surface area contributed by atoms with Crippen LogP contribution < -0.4 is 10.6 Å². The highest BCUT2D eigenvalue weighted by Gasteiger charge is 2.31. The Morgan fingerprint density at radius 3 is 3.12 bits per heavy atom. The number of benzene rings is 1. The van der Waals surface area contributed by atoms with Gasteiger partial charge in [-0.2, -0.15) is 0 Å². The number of aryl methyl sites for hydroxylation is 1. The van der Waals surface area contributed by atoms with E-state index >= 15 is 0 Å². The fourth-order valence-corrected chi connectivity index (χ4v) is 3.26. The lowest BCUT2D eigenvalue weighted by molar-refractivity contribution is 0.319. The van der Waals surface area contributed by atoms with Crippen LogP contribution in [0.5, 0.6) is 0 Å². The highest BCUT2D eigenvalue weighted by Crippen LogP contribution is 2.38. The van der Waals surface area contributed by atoms with Crippen molar-refractivity contribution in [3.8, 4) is 0 Å². The second-order valence-corrected chi connectivity index (χ2v) is 5.01. The van der Waals surface area contributed by atoms with Crippen LogP contribution in [0.1, 0.15) is 36.3 Å². The molecule has 0 bridgehead atoms. The first-order valence-electron chi connectivity index (χ1n) is 6.42. The maximum atomic E-state index is 3.68. The summed E-state index contributed by atoms with van der Waals surface area (Å²) in [6.07, 6.45) is 5.24. The van der Waals surface area contributed by atoms with Crippen LogP contribution in [0.15, 0.2) is 18.2 Å². The summed E-state index contributed by atoms with van der Waals surface area (Å²) in [6, 6.07) is 7.61. The highest BCUT2D eigenvalue weighted by atomic mass is 14.9. The molecule has 0 radical (unpaired) electrons. The quantitative estimate of drug-likeness (QED) is 0.753. The zero-order valence-corrected chi connectivity index (χ0v) is 9.92. The molecule has 1 aliphatic heterocycles. The van der Waals surface area contributed by atoms with E-state index in [9.17, 15) is 0 Å². The monoisotopic (exact) mass is 216 g/mol. The number of rotatable bonds is 1. The molecule has 0 spiro atoms. The standard InChI is InChI=1S/C14H20N2/c1-15-11-6-4-10-5-7-14-12(13(10)9-11)3-2-8-16-14/h4,6,9,12,14-16H,2-3,5,7-8H2,1H3. The normalized spacial score (nSPS) is 28.1. The van der Waals surface area contributed by atoms with Crippen molar-refractivity contribution in [2.45, 2.75) is 37.6 Å². The van der Waals surface area contributed by atoms with Gasteiger partial charge >= 0.3 is 0 Å². The molecule has 1 heterocycles. The average molecular weight is 216 g/mol. The molecular weight excluding hydrogens is 196 g/mol. The summed E-state index contributed by atoms with van der Waals surface area (Å²) < 4.78 is 0. The van der Waals surface area contributed by atoms with E-state index in [1.807, 2.05) is 7.05 Å². The fourth-order valence-electron chi connectivity index (χ4n) is 3.26. The molecule has 2 unspecified atom stereocenters. The van der Waals surface area contributed by atoms with E-state index in [2.05, 4.69) is 28.8 Å². The van der Waals surface area contributed by atoms with E-state index in [0.29, 0.717) is 0 Å². The summed E-state index contributed by atoms with van der Waals surface area (Å²) in [5.41, 5.74) is 4.42. The molecule has 1 saturated heterocycles. The van der Waals surface area contributed by atoms with E-state index in [4.69, 9.17) is 0 Å². The Morgan fingerprint density at radius 1 is 1.31 bits per heavy atom. The van der Waals surface area contributed by atoms with Crippen molar-refractivity contribution in [2.24, 2.45) is 0 Å². The lowest BCUT2D eigenvalue weighted by atomic mass is 9.75. The number of hydrogen-bond acceptors (Lipinski definition) is 2. The molecule has 1 aromatic carbocycles. The van der Waals surface area contributed by atoms with Crippen molar-refractivity contribution in [1.29, 1.82) is 0 Å².